The third kappa shape index (κ3) is 3.10. The van der Waals surface area contributed by atoms with E-state index in [0.717, 1.165) is 26.5 Å². The lowest BCUT2D eigenvalue weighted by Gasteiger charge is -2.10. The molecule has 5 nitrogen and oxygen atoms in total. The number of H-pyrrole nitrogens is 1. The number of aromatic amines is 1. The molecule has 3 rings (SSSR count). The molecule has 3 N–H and O–H groups in total. The maximum atomic E-state index is 11.1. The molecule has 0 aliphatic carbocycles. The lowest BCUT2D eigenvalue weighted by Crippen LogP contribution is -2.21. The van der Waals surface area contributed by atoms with Gasteiger partial charge in [0.2, 0.25) is 0 Å². The van der Waals surface area contributed by atoms with Crippen LogP contribution in [0.1, 0.15) is 25.1 Å². The average Bonchev–Trinajstić information content (AvgIpc) is 3.04. The lowest BCUT2D eigenvalue weighted by atomic mass is 10.00. The first kappa shape index (κ1) is 16.4. The van der Waals surface area contributed by atoms with Crippen molar-refractivity contribution in [3.63, 3.8) is 0 Å². The molecular formula is C18H16BrN3O2. The van der Waals surface area contributed by atoms with Crippen LogP contribution < -0.4 is 0 Å². The first-order chi connectivity index (χ1) is 11.5. The van der Waals surface area contributed by atoms with Crippen molar-refractivity contribution in [1.82, 2.24) is 9.97 Å². The van der Waals surface area contributed by atoms with Gasteiger partial charge in [-0.3, -0.25) is 5.41 Å². The van der Waals surface area contributed by atoms with Crippen molar-refractivity contribution in [2.45, 2.75) is 19.3 Å². The Balaban J connectivity index is 1.96. The van der Waals surface area contributed by atoms with Crippen LogP contribution in [-0.4, -0.2) is 26.8 Å². The fourth-order valence-corrected chi connectivity index (χ4v) is 3.11. The number of carboxylic acid groups (broad SMARTS) is 1. The second-order valence-corrected chi connectivity index (χ2v) is 6.48. The summed E-state index contributed by atoms with van der Waals surface area (Å²) < 4.78 is 1.03. The van der Waals surface area contributed by atoms with Crippen LogP contribution in [0.4, 0.5) is 0 Å². The molecule has 0 bridgehead atoms. The molecule has 0 aliphatic rings. The molecule has 0 spiro atoms. The Morgan fingerprint density at radius 3 is 2.71 bits per heavy atom. The number of carbonyl (C=O) groups is 1. The van der Waals surface area contributed by atoms with Crippen LogP contribution in [0.25, 0.3) is 22.0 Å². The maximum absolute atomic E-state index is 11.1. The molecule has 0 amide bonds. The Kier molecular flexibility index (Phi) is 4.49. The van der Waals surface area contributed by atoms with Crippen LogP contribution >= 0.6 is 15.9 Å². The minimum absolute atomic E-state index is 0.346. The number of benzene rings is 2. The Hall–Kier alpha value is -2.47. The van der Waals surface area contributed by atoms with Crippen molar-refractivity contribution in [1.29, 1.82) is 5.41 Å². The third-order valence-corrected chi connectivity index (χ3v) is 4.52. The molecule has 0 saturated heterocycles. The summed E-state index contributed by atoms with van der Waals surface area (Å²) in [5.41, 5.74) is 1.44. The monoisotopic (exact) mass is 385 g/mol. The number of nitrogens with one attached hydrogen (secondary N) is 2. The molecule has 0 radical (unpaired) electrons. The van der Waals surface area contributed by atoms with Gasteiger partial charge < -0.3 is 10.1 Å². The highest BCUT2D eigenvalue weighted by Crippen LogP contribution is 2.27. The number of rotatable bonds is 5. The Bertz CT molecular complexity index is 933. The van der Waals surface area contributed by atoms with E-state index < -0.39 is 11.9 Å². The molecule has 1 atom stereocenters. The van der Waals surface area contributed by atoms with Crippen molar-refractivity contribution in [3.05, 3.63) is 52.9 Å². The zero-order valence-electron chi connectivity index (χ0n) is 13.0. The topological polar surface area (TPSA) is 89.8 Å². The zero-order valence-corrected chi connectivity index (χ0v) is 14.6. The van der Waals surface area contributed by atoms with E-state index in [2.05, 4.69) is 38.0 Å². The second kappa shape index (κ2) is 6.57. The molecule has 0 aliphatic heterocycles. The highest BCUT2D eigenvalue weighted by atomic mass is 79.9. The summed E-state index contributed by atoms with van der Waals surface area (Å²) in [6.07, 6.45) is 2.19. The van der Waals surface area contributed by atoms with Gasteiger partial charge in [-0.25, -0.2) is 9.78 Å². The first-order valence-corrected chi connectivity index (χ1v) is 8.35. The number of fused-ring (bicyclic) bond motifs is 1. The van der Waals surface area contributed by atoms with Crippen molar-refractivity contribution < 1.29 is 9.90 Å². The van der Waals surface area contributed by atoms with Crippen LogP contribution in [0.3, 0.4) is 0 Å². The quantitative estimate of drug-likeness (QED) is 0.560. The van der Waals surface area contributed by atoms with E-state index in [4.69, 9.17) is 10.5 Å². The van der Waals surface area contributed by atoms with Gasteiger partial charge in [0.15, 0.2) is 0 Å². The summed E-state index contributed by atoms with van der Waals surface area (Å²) in [4.78, 5) is 18.5. The molecule has 1 aromatic heterocycles. The first-order valence-electron chi connectivity index (χ1n) is 7.56. The van der Waals surface area contributed by atoms with E-state index in [-0.39, 0.29) is 5.71 Å². The molecule has 0 fully saturated rings. The van der Waals surface area contributed by atoms with E-state index in [1.54, 1.807) is 6.20 Å². The van der Waals surface area contributed by atoms with Gasteiger partial charge >= 0.3 is 5.97 Å². The smallest absolute Gasteiger partial charge is 0.350 e. The Morgan fingerprint density at radius 1 is 1.29 bits per heavy atom. The van der Waals surface area contributed by atoms with Crippen molar-refractivity contribution in [2.75, 3.05) is 0 Å². The molecule has 1 unspecified atom stereocenters. The van der Waals surface area contributed by atoms with Crippen molar-refractivity contribution >= 4 is 38.4 Å². The molecule has 2 aromatic carbocycles. The summed E-state index contributed by atoms with van der Waals surface area (Å²) in [6, 6.07) is 12.2. The van der Waals surface area contributed by atoms with Crippen molar-refractivity contribution in [3.8, 4) is 11.3 Å². The van der Waals surface area contributed by atoms with E-state index >= 15 is 0 Å². The fourth-order valence-electron chi connectivity index (χ4n) is 2.73. The van der Waals surface area contributed by atoms with Crippen LogP contribution in [-0.2, 0) is 4.79 Å². The number of halogens is 1. The average molecular weight is 386 g/mol. The van der Waals surface area contributed by atoms with Gasteiger partial charge in [0, 0.05) is 10.0 Å². The van der Waals surface area contributed by atoms with E-state index in [1.807, 2.05) is 31.2 Å². The lowest BCUT2D eigenvalue weighted by molar-refractivity contribution is -0.129. The van der Waals surface area contributed by atoms with Gasteiger partial charge in [0.25, 0.3) is 0 Å². The van der Waals surface area contributed by atoms with Gasteiger partial charge in [-0.1, -0.05) is 41.1 Å². The predicted octanol–water partition coefficient (Wildman–Crippen LogP) is 4.59. The molecule has 0 saturated carbocycles. The Labute approximate surface area is 147 Å². The normalized spacial score (nSPS) is 12.2. The van der Waals surface area contributed by atoms with Crippen LogP contribution in [0.2, 0.25) is 0 Å². The van der Waals surface area contributed by atoms with Gasteiger partial charge in [0.1, 0.15) is 11.5 Å². The number of aliphatic carboxylic acids is 1. The molecule has 6 heteroatoms. The maximum Gasteiger partial charge on any atom is 0.350 e. The number of nitrogens with zero attached hydrogens (tertiary/aromatic N) is 1. The number of hydrogen-bond acceptors (Lipinski definition) is 3. The fraction of sp³-hybridized carbons (Fsp3) is 0.167. The minimum atomic E-state index is -1.21. The summed E-state index contributed by atoms with van der Waals surface area (Å²) in [6.45, 7) is 1.85. The second-order valence-electron chi connectivity index (χ2n) is 5.57. The van der Waals surface area contributed by atoms with Gasteiger partial charge in [-0.15, -0.1) is 0 Å². The van der Waals surface area contributed by atoms with E-state index in [1.165, 1.54) is 0 Å². The highest BCUT2D eigenvalue weighted by molar-refractivity contribution is 9.10. The predicted molar refractivity (Wildman–Crippen MR) is 97.6 cm³/mol. The van der Waals surface area contributed by atoms with Crippen LogP contribution in [0, 0.1) is 5.41 Å². The number of aromatic nitrogens is 2. The van der Waals surface area contributed by atoms with Crippen molar-refractivity contribution in [2.24, 2.45) is 0 Å². The number of hydrogen-bond donors (Lipinski definition) is 3. The SMILES string of the molecule is CCC(C(=N)C(=O)O)c1ncc(-c2ccc3cc(Br)ccc3c2)[nH]1. The molecule has 1 heterocycles. The van der Waals surface area contributed by atoms with Gasteiger partial charge in [0.05, 0.1) is 17.8 Å². The molecule has 3 aromatic rings. The van der Waals surface area contributed by atoms with Crippen LogP contribution in [0.5, 0.6) is 0 Å². The number of imidazole rings is 1. The summed E-state index contributed by atoms with van der Waals surface area (Å²) in [7, 11) is 0. The summed E-state index contributed by atoms with van der Waals surface area (Å²) in [5, 5.41) is 19.0. The summed E-state index contributed by atoms with van der Waals surface area (Å²) in [5.74, 6) is -1.24. The largest absolute Gasteiger partial charge is 0.477 e. The Morgan fingerprint density at radius 2 is 2.00 bits per heavy atom. The standard InChI is InChI=1S/C18H16BrN3O2/c1-2-14(16(20)18(23)24)17-21-9-15(22-17)12-4-3-11-8-13(19)6-5-10(11)7-12/h3-9,14,20H,2H2,1H3,(H,21,22)(H,23,24). The van der Waals surface area contributed by atoms with Crippen LogP contribution in [0.15, 0.2) is 47.1 Å². The number of carboxylic acids is 1. The zero-order chi connectivity index (χ0) is 17.3. The molecular weight excluding hydrogens is 370 g/mol. The van der Waals surface area contributed by atoms with E-state index in [0.29, 0.717) is 12.2 Å². The highest BCUT2D eigenvalue weighted by Gasteiger charge is 2.23. The molecule has 122 valence electrons. The van der Waals surface area contributed by atoms with Gasteiger partial charge in [-0.2, -0.15) is 0 Å². The minimum Gasteiger partial charge on any atom is -0.477 e. The third-order valence-electron chi connectivity index (χ3n) is 4.03. The summed E-state index contributed by atoms with van der Waals surface area (Å²) >= 11 is 3.46. The van der Waals surface area contributed by atoms with E-state index in [9.17, 15) is 4.79 Å². The molecule has 24 heavy (non-hydrogen) atoms. The van der Waals surface area contributed by atoms with Gasteiger partial charge in [-0.05, 0) is 35.4 Å².